The lowest BCUT2D eigenvalue weighted by Crippen LogP contribution is -2.36. The highest BCUT2D eigenvalue weighted by Gasteiger charge is 2.47. The van der Waals surface area contributed by atoms with Crippen LogP contribution in [0.25, 0.3) is 0 Å². The summed E-state index contributed by atoms with van der Waals surface area (Å²) < 4.78 is 6.10. The Balaban J connectivity index is 1.33. The highest BCUT2D eigenvalue weighted by atomic mass is 16.5. The third kappa shape index (κ3) is 3.30. The maximum Gasteiger partial charge on any atom is 0.120 e. The molecule has 2 aromatic carbocycles. The van der Waals surface area contributed by atoms with Gasteiger partial charge in [0.05, 0.1) is 0 Å². The Kier molecular flexibility index (Phi) is 5.01. The first-order valence-corrected chi connectivity index (χ1v) is 11.2. The molecule has 2 aromatic rings. The summed E-state index contributed by atoms with van der Waals surface area (Å²) in [5.74, 6) is 5.53. The van der Waals surface area contributed by atoms with Crippen LogP contribution in [-0.4, -0.2) is 0 Å². The summed E-state index contributed by atoms with van der Waals surface area (Å²) in [7, 11) is 0. The summed E-state index contributed by atoms with van der Waals surface area (Å²) >= 11 is 0. The predicted octanol–water partition coefficient (Wildman–Crippen LogP) is 6.92. The van der Waals surface area contributed by atoms with Crippen molar-refractivity contribution in [3.63, 3.8) is 0 Å². The predicted molar refractivity (Wildman–Crippen MR) is 116 cm³/mol. The Morgan fingerprint density at radius 1 is 0.964 bits per heavy atom. The molecular weight excluding hydrogens is 340 g/mol. The molecule has 1 heteroatoms. The lowest BCUT2D eigenvalue weighted by atomic mass is 9.59. The van der Waals surface area contributed by atoms with E-state index in [1.807, 2.05) is 0 Å². The number of rotatable bonds is 5. The summed E-state index contributed by atoms with van der Waals surface area (Å²) in [5.41, 5.74) is 4.41. The van der Waals surface area contributed by atoms with E-state index in [2.05, 4.69) is 61.2 Å². The van der Waals surface area contributed by atoms with Gasteiger partial charge in [0.25, 0.3) is 0 Å². The van der Waals surface area contributed by atoms with Gasteiger partial charge in [0.1, 0.15) is 12.4 Å². The third-order valence-corrected chi connectivity index (χ3v) is 7.84. The number of hydrogen-bond donors (Lipinski definition) is 0. The molecule has 3 aliphatic carbocycles. The van der Waals surface area contributed by atoms with Crippen LogP contribution in [-0.2, 0) is 13.0 Å². The van der Waals surface area contributed by atoms with Crippen molar-refractivity contribution in [2.45, 2.75) is 57.5 Å². The number of aryl methyl sites for hydroxylation is 1. The molecule has 5 rings (SSSR count). The van der Waals surface area contributed by atoms with Gasteiger partial charge in [-0.1, -0.05) is 42.5 Å². The Bertz CT molecular complexity index is 823. The van der Waals surface area contributed by atoms with Gasteiger partial charge in [-0.05, 0) is 103 Å². The minimum absolute atomic E-state index is 0.651. The van der Waals surface area contributed by atoms with Crippen LogP contribution in [0.1, 0.15) is 61.1 Å². The fourth-order valence-corrected chi connectivity index (χ4v) is 6.69. The first-order valence-electron chi connectivity index (χ1n) is 11.2. The summed E-state index contributed by atoms with van der Waals surface area (Å²) in [6, 6.07) is 17.4. The third-order valence-electron chi connectivity index (χ3n) is 7.84. The minimum atomic E-state index is 0.651. The quantitative estimate of drug-likeness (QED) is 0.517. The van der Waals surface area contributed by atoms with E-state index >= 15 is 0 Å². The molecule has 0 saturated heterocycles. The standard InChI is InChI=1S/C27H32O/c1-2-6-20-9-10-21-11-14-25-24-16-13-23(28-18-19-7-4-3-5-8-19)17-22(24)12-15-26(25)27(20)21/h2-5,7-8,13,16-17,20-21,25-27H,1,6,9-12,14-15,18H2. The average molecular weight is 373 g/mol. The van der Waals surface area contributed by atoms with E-state index in [1.165, 1.54) is 50.5 Å². The summed E-state index contributed by atoms with van der Waals surface area (Å²) in [4.78, 5) is 0. The van der Waals surface area contributed by atoms with Crippen molar-refractivity contribution in [2.75, 3.05) is 0 Å². The van der Waals surface area contributed by atoms with Crippen LogP contribution in [0.5, 0.6) is 5.75 Å². The molecule has 2 fully saturated rings. The number of benzene rings is 2. The normalized spacial score (nSPS) is 30.8. The van der Waals surface area contributed by atoms with E-state index in [0.717, 1.165) is 35.3 Å². The van der Waals surface area contributed by atoms with E-state index in [0.29, 0.717) is 6.61 Å². The molecule has 28 heavy (non-hydrogen) atoms. The van der Waals surface area contributed by atoms with Crippen LogP contribution in [0.3, 0.4) is 0 Å². The van der Waals surface area contributed by atoms with Crippen LogP contribution < -0.4 is 4.74 Å². The second-order valence-electron chi connectivity index (χ2n) is 9.22. The number of hydrogen-bond acceptors (Lipinski definition) is 1. The van der Waals surface area contributed by atoms with Crippen molar-refractivity contribution in [1.29, 1.82) is 0 Å². The van der Waals surface area contributed by atoms with E-state index in [-0.39, 0.29) is 0 Å². The van der Waals surface area contributed by atoms with Crippen molar-refractivity contribution in [1.82, 2.24) is 0 Å². The monoisotopic (exact) mass is 372 g/mol. The Morgan fingerprint density at radius 3 is 2.68 bits per heavy atom. The van der Waals surface area contributed by atoms with Gasteiger partial charge in [0.2, 0.25) is 0 Å². The fourth-order valence-electron chi connectivity index (χ4n) is 6.69. The van der Waals surface area contributed by atoms with E-state index in [1.54, 1.807) is 11.1 Å². The molecule has 0 heterocycles. The fraction of sp³-hybridized carbons (Fsp3) is 0.481. The van der Waals surface area contributed by atoms with Gasteiger partial charge >= 0.3 is 0 Å². The number of allylic oxidation sites excluding steroid dienone is 1. The van der Waals surface area contributed by atoms with Gasteiger partial charge in [-0.2, -0.15) is 0 Å². The maximum absolute atomic E-state index is 6.10. The van der Waals surface area contributed by atoms with Crippen molar-refractivity contribution in [3.05, 3.63) is 77.9 Å². The second kappa shape index (κ2) is 7.78. The van der Waals surface area contributed by atoms with Gasteiger partial charge < -0.3 is 4.74 Å². The first kappa shape index (κ1) is 18.0. The van der Waals surface area contributed by atoms with Crippen molar-refractivity contribution in [2.24, 2.45) is 23.7 Å². The lowest BCUT2D eigenvalue weighted by Gasteiger charge is -2.46. The first-order chi connectivity index (χ1) is 13.8. The van der Waals surface area contributed by atoms with Gasteiger partial charge in [0.15, 0.2) is 0 Å². The van der Waals surface area contributed by atoms with Gasteiger partial charge in [-0.25, -0.2) is 0 Å². The van der Waals surface area contributed by atoms with Crippen molar-refractivity contribution in [3.8, 4) is 5.75 Å². The number of ether oxygens (including phenoxy) is 1. The zero-order valence-electron chi connectivity index (χ0n) is 16.9. The SMILES string of the molecule is C=CCC1CCC2CCC3c4ccc(OCc5ccccc5)cc4CCC3C12. The maximum atomic E-state index is 6.10. The second-order valence-corrected chi connectivity index (χ2v) is 9.22. The Morgan fingerprint density at radius 2 is 1.82 bits per heavy atom. The van der Waals surface area contributed by atoms with Gasteiger partial charge in [-0.3, -0.25) is 0 Å². The molecule has 1 nitrogen and oxygen atoms in total. The van der Waals surface area contributed by atoms with Gasteiger partial charge in [0, 0.05) is 0 Å². The highest BCUT2D eigenvalue weighted by molar-refractivity contribution is 5.40. The molecule has 0 N–H and O–H groups in total. The van der Waals surface area contributed by atoms with Crippen LogP contribution in [0.4, 0.5) is 0 Å². The molecule has 0 bridgehead atoms. The largest absolute Gasteiger partial charge is 0.489 e. The Hall–Kier alpha value is -2.02. The van der Waals surface area contributed by atoms with Crippen LogP contribution in [0.2, 0.25) is 0 Å². The molecule has 3 aliphatic rings. The average Bonchev–Trinajstić information content (AvgIpc) is 3.16. The minimum Gasteiger partial charge on any atom is -0.489 e. The smallest absolute Gasteiger partial charge is 0.120 e. The van der Waals surface area contributed by atoms with E-state index in [9.17, 15) is 0 Å². The topological polar surface area (TPSA) is 9.23 Å². The van der Waals surface area contributed by atoms with Crippen LogP contribution in [0.15, 0.2) is 61.2 Å². The van der Waals surface area contributed by atoms with Gasteiger partial charge in [-0.15, -0.1) is 6.58 Å². The molecule has 146 valence electrons. The molecule has 0 radical (unpaired) electrons. The highest BCUT2D eigenvalue weighted by Crippen LogP contribution is 2.57. The zero-order chi connectivity index (χ0) is 18.9. The van der Waals surface area contributed by atoms with Crippen molar-refractivity contribution < 1.29 is 4.74 Å². The summed E-state index contributed by atoms with van der Waals surface area (Å²) in [6.45, 7) is 4.69. The van der Waals surface area contributed by atoms with Crippen LogP contribution in [0, 0.1) is 23.7 Å². The molecule has 5 atom stereocenters. The Labute approximate surface area is 169 Å². The molecule has 5 unspecified atom stereocenters. The zero-order valence-corrected chi connectivity index (χ0v) is 16.9. The number of fused-ring (bicyclic) bond motifs is 5. The molecule has 0 amide bonds. The molecule has 2 saturated carbocycles. The molecule has 0 spiro atoms. The molecular formula is C27H32O. The molecule has 0 aromatic heterocycles. The van der Waals surface area contributed by atoms with Crippen LogP contribution >= 0.6 is 0 Å². The summed E-state index contributed by atoms with van der Waals surface area (Å²) in [5, 5.41) is 0. The molecule has 0 aliphatic heterocycles. The van der Waals surface area contributed by atoms with E-state index < -0.39 is 0 Å². The lowest BCUT2D eigenvalue weighted by molar-refractivity contribution is 0.104. The van der Waals surface area contributed by atoms with E-state index in [4.69, 9.17) is 4.74 Å². The summed E-state index contributed by atoms with van der Waals surface area (Å²) in [6.07, 6.45) is 11.7. The van der Waals surface area contributed by atoms with Crippen molar-refractivity contribution >= 4 is 0 Å².